The zero-order valence-corrected chi connectivity index (χ0v) is 10.6. The molecule has 2 heterocycles. The number of aromatic hydroxyl groups is 1. The Morgan fingerprint density at radius 1 is 1.16 bits per heavy atom. The first-order valence-electron chi connectivity index (χ1n) is 5.63. The minimum absolute atomic E-state index is 0.204. The monoisotopic (exact) mass is 275 g/mol. The molecule has 0 aliphatic carbocycles. The lowest BCUT2D eigenvalue weighted by atomic mass is 10.3. The molecule has 0 aliphatic rings. The summed E-state index contributed by atoms with van der Waals surface area (Å²) in [6, 6.07) is 10.0. The van der Waals surface area contributed by atoms with Crippen LogP contribution in [-0.2, 0) is 6.61 Å². The highest BCUT2D eigenvalue weighted by molar-refractivity contribution is 6.30. The van der Waals surface area contributed by atoms with E-state index < -0.39 is 0 Å². The Labute approximate surface area is 114 Å². The third kappa shape index (κ3) is 2.46. The van der Waals surface area contributed by atoms with Crippen molar-refractivity contribution < 1.29 is 9.84 Å². The molecule has 0 radical (unpaired) electrons. The van der Waals surface area contributed by atoms with Crippen molar-refractivity contribution in [3.8, 4) is 11.5 Å². The van der Waals surface area contributed by atoms with Crippen LogP contribution in [0.15, 0.2) is 42.6 Å². The smallest absolute Gasteiger partial charge is 0.175 e. The van der Waals surface area contributed by atoms with Crippen LogP contribution in [0.2, 0.25) is 5.02 Å². The van der Waals surface area contributed by atoms with Gasteiger partial charge in [-0.3, -0.25) is 4.40 Å². The second-order valence-electron chi connectivity index (χ2n) is 3.97. The van der Waals surface area contributed by atoms with Gasteiger partial charge in [0.15, 0.2) is 11.5 Å². The summed E-state index contributed by atoms with van der Waals surface area (Å²) < 4.78 is 7.39. The predicted molar refractivity (Wildman–Crippen MR) is 70.4 cm³/mol. The molecule has 3 aromatic rings. The predicted octanol–water partition coefficient (Wildman–Crippen LogP) is 2.67. The van der Waals surface area contributed by atoms with Crippen molar-refractivity contribution in [2.24, 2.45) is 0 Å². The van der Waals surface area contributed by atoms with Gasteiger partial charge in [-0.2, -0.15) is 0 Å². The quantitative estimate of drug-likeness (QED) is 0.798. The van der Waals surface area contributed by atoms with Crippen molar-refractivity contribution in [1.82, 2.24) is 14.6 Å². The second-order valence-corrected chi connectivity index (χ2v) is 4.41. The van der Waals surface area contributed by atoms with E-state index in [0.29, 0.717) is 22.2 Å². The van der Waals surface area contributed by atoms with Crippen LogP contribution in [0.1, 0.15) is 5.82 Å². The molecule has 5 nitrogen and oxygen atoms in total. The fourth-order valence-corrected chi connectivity index (χ4v) is 1.86. The Balaban J connectivity index is 1.80. The summed E-state index contributed by atoms with van der Waals surface area (Å²) in [7, 11) is 0. The highest BCUT2D eigenvalue weighted by Crippen LogP contribution is 2.17. The molecule has 1 aromatic carbocycles. The molecular weight excluding hydrogens is 266 g/mol. The molecule has 0 unspecified atom stereocenters. The maximum absolute atomic E-state index is 9.18. The Hall–Kier alpha value is -2.27. The number of hydrogen-bond acceptors (Lipinski definition) is 4. The normalized spacial score (nSPS) is 10.8. The summed E-state index contributed by atoms with van der Waals surface area (Å²) in [5.41, 5.74) is 0.678. The molecule has 0 bridgehead atoms. The second kappa shape index (κ2) is 4.78. The summed E-state index contributed by atoms with van der Waals surface area (Å²) in [4.78, 5) is 0. The van der Waals surface area contributed by atoms with Gasteiger partial charge in [0.2, 0.25) is 0 Å². The van der Waals surface area contributed by atoms with E-state index in [0.717, 1.165) is 0 Å². The van der Waals surface area contributed by atoms with Crippen LogP contribution in [0.4, 0.5) is 0 Å². The number of pyridine rings is 1. The summed E-state index contributed by atoms with van der Waals surface area (Å²) in [5, 5.41) is 17.9. The summed E-state index contributed by atoms with van der Waals surface area (Å²) in [5.74, 6) is 1.54. The van der Waals surface area contributed by atoms with E-state index in [1.165, 1.54) is 0 Å². The van der Waals surface area contributed by atoms with Crippen LogP contribution in [0.5, 0.6) is 11.5 Å². The van der Waals surface area contributed by atoms with Gasteiger partial charge >= 0.3 is 0 Å². The SMILES string of the molecule is Oc1ccc(OCc2nnc3cc(Cl)ccn23)cc1. The Morgan fingerprint density at radius 3 is 2.74 bits per heavy atom. The third-order valence-corrected chi connectivity index (χ3v) is 2.88. The van der Waals surface area contributed by atoms with E-state index >= 15 is 0 Å². The molecule has 0 atom stereocenters. The van der Waals surface area contributed by atoms with Gasteiger partial charge in [0, 0.05) is 17.3 Å². The van der Waals surface area contributed by atoms with Crippen molar-refractivity contribution in [2.75, 3.05) is 0 Å². The van der Waals surface area contributed by atoms with E-state index in [-0.39, 0.29) is 12.4 Å². The highest BCUT2D eigenvalue weighted by Gasteiger charge is 2.06. The highest BCUT2D eigenvalue weighted by atomic mass is 35.5. The molecule has 0 fully saturated rings. The van der Waals surface area contributed by atoms with Crippen LogP contribution < -0.4 is 4.74 Å². The molecule has 1 N–H and O–H groups in total. The van der Waals surface area contributed by atoms with Gasteiger partial charge in [-0.1, -0.05) is 11.6 Å². The molecule has 0 saturated heterocycles. The van der Waals surface area contributed by atoms with Crippen LogP contribution in [-0.4, -0.2) is 19.7 Å². The van der Waals surface area contributed by atoms with Gasteiger partial charge in [-0.05, 0) is 30.3 Å². The molecule has 0 amide bonds. The average Bonchev–Trinajstić information content (AvgIpc) is 2.80. The lowest BCUT2D eigenvalue weighted by molar-refractivity contribution is 0.294. The molecule has 6 heteroatoms. The molecule has 0 spiro atoms. The summed E-state index contributed by atoms with van der Waals surface area (Å²) >= 11 is 5.88. The minimum atomic E-state index is 0.204. The first-order valence-corrected chi connectivity index (χ1v) is 6.01. The number of nitrogens with zero attached hydrogens (tertiary/aromatic N) is 3. The number of hydrogen-bond donors (Lipinski definition) is 1. The number of aromatic nitrogens is 3. The van der Waals surface area contributed by atoms with E-state index in [1.807, 2.05) is 4.40 Å². The largest absolute Gasteiger partial charge is 0.508 e. The van der Waals surface area contributed by atoms with Crippen LogP contribution >= 0.6 is 11.6 Å². The standard InChI is InChI=1S/C13H10ClN3O2/c14-9-5-6-17-12(7-9)15-16-13(17)8-19-11-3-1-10(18)2-4-11/h1-7,18H,8H2. The molecule has 3 rings (SSSR count). The zero-order chi connectivity index (χ0) is 13.2. The lowest BCUT2D eigenvalue weighted by Crippen LogP contribution is -2.01. The fraction of sp³-hybridized carbons (Fsp3) is 0.0769. The van der Waals surface area contributed by atoms with Crippen molar-refractivity contribution in [3.63, 3.8) is 0 Å². The van der Waals surface area contributed by atoms with Gasteiger partial charge < -0.3 is 9.84 Å². The average molecular weight is 276 g/mol. The molecule has 0 aliphatic heterocycles. The van der Waals surface area contributed by atoms with Gasteiger partial charge in [-0.25, -0.2) is 0 Å². The number of fused-ring (bicyclic) bond motifs is 1. The fourth-order valence-electron chi connectivity index (χ4n) is 1.70. The zero-order valence-electron chi connectivity index (χ0n) is 9.82. The number of ether oxygens (including phenoxy) is 1. The first kappa shape index (κ1) is 11.8. The third-order valence-electron chi connectivity index (χ3n) is 2.65. The molecular formula is C13H10ClN3O2. The Morgan fingerprint density at radius 2 is 1.95 bits per heavy atom. The summed E-state index contributed by atoms with van der Waals surface area (Å²) in [6.07, 6.45) is 1.80. The van der Waals surface area contributed by atoms with E-state index in [2.05, 4.69) is 10.2 Å². The Kier molecular flexibility index (Phi) is 2.97. The topological polar surface area (TPSA) is 59.7 Å². The van der Waals surface area contributed by atoms with Gasteiger partial charge in [-0.15, -0.1) is 10.2 Å². The molecule has 0 saturated carbocycles. The number of benzene rings is 1. The van der Waals surface area contributed by atoms with Crippen molar-refractivity contribution >= 4 is 17.2 Å². The van der Waals surface area contributed by atoms with E-state index in [1.54, 1.807) is 42.6 Å². The molecule has 2 aromatic heterocycles. The van der Waals surface area contributed by atoms with Crippen LogP contribution in [0, 0.1) is 0 Å². The van der Waals surface area contributed by atoms with Gasteiger partial charge in [0.05, 0.1) is 0 Å². The number of phenolic OH excluding ortho intramolecular Hbond substituents is 1. The van der Waals surface area contributed by atoms with Crippen LogP contribution in [0.3, 0.4) is 0 Å². The molecule has 96 valence electrons. The van der Waals surface area contributed by atoms with E-state index in [4.69, 9.17) is 16.3 Å². The van der Waals surface area contributed by atoms with Crippen molar-refractivity contribution in [1.29, 1.82) is 0 Å². The van der Waals surface area contributed by atoms with Crippen molar-refractivity contribution in [2.45, 2.75) is 6.61 Å². The van der Waals surface area contributed by atoms with Crippen LogP contribution in [0.25, 0.3) is 5.65 Å². The van der Waals surface area contributed by atoms with Gasteiger partial charge in [0.25, 0.3) is 0 Å². The number of phenols is 1. The summed E-state index contributed by atoms with van der Waals surface area (Å²) in [6.45, 7) is 0.285. The number of halogens is 1. The van der Waals surface area contributed by atoms with Gasteiger partial charge in [0.1, 0.15) is 18.1 Å². The Bertz CT molecular complexity index is 709. The van der Waals surface area contributed by atoms with E-state index in [9.17, 15) is 5.11 Å². The number of rotatable bonds is 3. The lowest BCUT2D eigenvalue weighted by Gasteiger charge is -2.04. The minimum Gasteiger partial charge on any atom is -0.508 e. The maximum atomic E-state index is 9.18. The first-order chi connectivity index (χ1) is 9.22. The maximum Gasteiger partial charge on any atom is 0.175 e. The van der Waals surface area contributed by atoms with Crippen molar-refractivity contribution in [3.05, 3.63) is 53.4 Å². The molecule has 19 heavy (non-hydrogen) atoms.